The minimum absolute atomic E-state index is 0.126. The van der Waals surface area contributed by atoms with Gasteiger partial charge in [0.05, 0.1) is 11.1 Å². The zero-order valence-electron chi connectivity index (χ0n) is 16.5. The second-order valence-corrected chi connectivity index (χ2v) is 7.79. The summed E-state index contributed by atoms with van der Waals surface area (Å²) in [6.07, 6.45) is -3.03. The first kappa shape index (κ1) is 21.7. The molecule has 0 atom stereocenters. The van der Waals surface area contributed by atoms with Crippen molar-refractivity contribution in [2.45, 2.75) is 6.18 Å². The smallest absolute Gasteiger partial charge is 0.352 e. The van der Waals surface area contributed by atoms with Gasteiger partial charge in [-0.05, 0) is 24.3 Å². The highest BCUT2D eigenvalue weighted by Gasteiger charge is 2.36. The van der Waals surface area contributed by atoms with E-state index in [1.807, 2.05) is 4.90 Å². The largest absolute Gasteiger partial charge is 0.417 e. The number of thiazole rings is 1. The quantitative estimate of drug-likeness (QED) is 0.641. The fourth-order valence-corrected chi connectivity index (χ4v) is 3.81. The van der Waals surface area contributed by atoms with Crippen LogP contribution in [0.1, 0.15) is 26.4 Å². The minimum Gasteiger partial charge on any atom is -0.352 e. The highest BCUT2D eigenvalue weighted by atomic mass is 32.1. The molecule has 0 aliphatic carbocycles. The van der Waals surface area contributed by atoms with Crippen molar-refractivity contribution in [2.24, 2.45) is 0 Å². The average Bonchev–Trinajstić information content (AvgIpc) is 3.31. The van der Waals surface area contributed by atoms with E-state index in [4.69, 9.17) is 0 Å². The molecular weight excluding hydrogens is 445 g/mol. The van der Waals surface area contributed by atoms with E-state index in [0.717, 1.165) is 6.07 Å². The SMILES string of the molecule is O=C(Nc1nccs1)c1ccc(N2CCN(C(=O)c3ccccc3C(F)(F)F)CC2)nn1. The number of benzene rings is 1. The van der Waals surface area contributed by atoms with Gasteiger partial charge in [0.1, 0.15) is 0 Å². The number of halogens is 3. The van der Waals surface area contributed by atoms with Crippen LogP contribution in [0.4, 0.5) is 24.1 Å². The third-order valence-electron chi connectivity index (χ3n) is 4.89. The van der Waals surface area contributed by atoms with Crippen molar-refractivity contribution >= 4 is 34.1 Å². The van der Waals surface area contributed by atoms with Crippen LogP contribution in [0.2, 0.25) is 0 Å². The molecule has 1 aliphatic heterocycles. The Labute approximate surface area is 184 Å². The number of hydrogen-bond donors (Lipinski definition) is 1. The van der Waals surface area contributed by atoms with Gasteiger partial charge >= 0.3 is 6.18 Å². The van der Waals surface area contributed by atoms with Crippen molar-refractivity contribution in [3.05, 3.63) is 64.8 Å². The molecule has 3 heterocycles. The molecule has 0 spiro atoms. The number of alkyl halides is 3. The van der Waals surface area contributed by atoms with Gasteiger partial charge in [0.25, 0.3) is 11.8 Å². The van der Waals surface area contributed by atoms with Gasteiger partial charge in [0.15, 0.2) is 16.6 Å². The lowest BCUT2D eigenvalue weighted by molar-refractivity contribution is -0.138. The van der Waals surface area contributed by atoms with Crippen molar-refractivity contribution in [1.29, 1.82) is 0 Å². The molecular formula is C20H17F3N6O2S. The Morgan fingerprint density at radius 1 is 1.00 bits per heavy atom. The Morgan fingerprint density at radius 2 is 1.75 bits per heavy atom. The van der Waals surface area contributed by atoms with Crippen LogP contribution in [0.3, 0.4) is 0 Å². The van der Waals surface area contributed by atoms with Crippen molar-refractivity contribution in [3.8, 4) is 0 Å². The maximum Gasteiger partial charge on any atom is 0.417 e. The lowest BCUT2D eigenvalue weighted by atomic mass is 10.1. The molecule has 2 amide bonds. The van der Waals surface area contributed by atoms with Crippen LogP contribution < -0.4 is 10.2 Å². The number of carbonyl (C=O) groups is 2. The molecule has 0 radical (unpaired) electrons. The molecule has 0 saturated carbocycles. The number of rotatable bonds is 4. The number of nitrogens with zero attached hydrogens (tertiary/aromatic N) is 5. The van der Waals surface area contributed by atoms with Gasteiger partial charge < -0.3 is 9.80 Å². The van der Waals surface area contributed by atoms with Crippen molar-refractivity contribution in [2.75, 3.05) is 36.4 Å². The van der Waals surface area contributed by atoms with E-state index < -0.39 is 23.6 Å². The number of aromatic nitrogens is 3. The Hall–Kier alpha value is -3.54. The van der Waals surface area contributed by atoms with Crippen molar-refractivity contribution in [1.82, 2.24) is 20.1 Å². The van der Waals surface area contributed by atoms with Crippen LogP contribution in [0.15, 0.2) is 48.0 Å². The highest BCUT2D eigenvalue weighted by molar-refractivity contribution is 7.13. The molecule has 4 rings (SSSR count). The van der Waals surface area contributed by atoms with Gasteiger partial charge in [-0.25, -0.2) is 4.98 Å². The maximum atomic E-state index is 13.2. The van der Waals surface area contributed by atoms with E-state index in [1.54, 1.807) is 17.6 Å². The van der Waals surface area contributed by atoms with Crippen LogP contribution in [0, 0.1) is 0 Å². The van der Waals surface area contributed by atoms with Crippen molar-refractivity contribution < 1.29 is 22.8 Å². The monoisotopic (exact) mass is 462 g/mol. The van der Waals surface area contributed by atoms with Crippen LogP contribution in [-0.4, -0.2) is 58.1 Å². The molecule has 166 valence electrons. The zero-order chi connectivity index (χ0) is 22.7. The van der Waals surface area contributed by atoms with Gasteiger partial charge in [-0.15, -0.1) is 21.5 Å². The lowest BCUT2D eigenvalue weighted by Gasteiger charge is -2.35. The number of carbonyl (C=O) groups excluding carboxylic acids is 2. The molecule has 1 aliphatic rings. The summed E-state index contributed by atoms with van der Waals surface area (Å²) in [6.45, 7) is 1.22. The van der Waals surface area contributed by atoms with E-state index >= 15 is 0 Å². The van der Waals surface area contributed by atoms with E-state index in [-0.39, 0.29) is 24.3 Å². The van der Waals surface area contributed by atoms with Crippen LogP contribution in [0.25, 0.3) is 0 Å². The van der Waals surface area contributed by atoms with Crippen LogP contribution in [0.5, 0.6) is 0 Å². The van der Waals surface area contributed by atoms with Gasteiger partial charge in [-0.1, -0.05) is 12.1 Å². The fourth-order valence-electron chi connectivity index (χ4n) is 3.29. The summed E-state index contributed by atoms with van der Waals surface area (Å²) in [6, 6.07) is 7.95. The number of amides is 2. The van der Waals surface area contributed by atoms with Crippen LogP contribution >= 0.6 is 11.3 Å². The molecule has 8 nitrogen and oxygen atoms in total. The average molecular weight is 462 g/mol. The molecule has 32 heavy (non-hydrogen) atoms. The Balaban J connectivity index is 1.38. The molecule has 0 bridgehead atoms. The summed E-state index contributed by atoms with van der Waals surface area (Å²) in [5, 5.41) is 12.8. The summed E-state index contributed by atoms with van der Waals surface area (Å²) < 4.78 is 39.7. The van der Waals surface area contributed by atoms with Gasteiger partial charge in [0, 0.05) is 37.8 Å². The predicted molar refractivity (Wildman–Crippen MR) is 112 cm³/mol. The summed E-state index contributed by atoms with van der Waals surface area (Å²) in [5.41, 5.74) is -1.17. The first-order valence-corrected chi connectivity index (χ1v) is 10.5. The summed E-state index contributed by atoms with van der Waals surface area (Å²) in [7, 11) is 0. The maximum absolute atomic E-state index is 13.2. The van der Waals surface area contributed by atoms with E-state index in [2.05, 4.69) is 20.5 Å². The topological polar surface area (TPSA) is 91.3 Å². The van der Waals surface area contributed by atoms with Gasteiger partial charge in [-0.3, -0.25) is 14.9 Å². The third kappa shape index (κ3) is 4.69. The molecule has 3 aromatic rings. The number of hydrogen-bond acceptors (Lipinski definition) is 7. The predicted octanol–water partition coefficient (Wildman–Crippen LogP) is 3.17. The molecule has 1 N–H and O–H groups in total. The highest BCUT2D eigenvalue weighted by Crippen LogP contribution is 2.32. The van der Waals surface area contributed by atoms with Crippen molar-refractivity contribution in [3.63, 3.8) is 0 Å². The van der Waals surface area contributed by atoms with E-state index in [0.29, 0.717) is 24.0 Å². The Kier molecular flexibility index (Phi) is 6.04. The van der Waals surface area contributed by atoms with E-state index in [9.17, 15) is 22.8 Å². The molecule has 1 saturated heterocycles. The molecule has 0 unspecified atom stereocenters. The van der Waals surface area contributed by atoms with Gasteiger partial charge in [0.2, 0.25) is 0 Å². The summed E-state index contributed by atoms with van der Waals surface area (Å²) in [4.78, 5) is 32.1. The number of nitrogens with one attached hydrogen (secondary N) is 1. The number of piperazine rings is 1. The third-order valence-corrected chi connectivity index (χ3v) is 5.58. The fraction of sp³-hybridized carbons (Fsp3) is 0.250. The lowest BCUT2D eigenvalue weighted by Crippen LogP contribution is -2.49. The minimum atomic E-state index is -4.60. The first-order valence-electron chi connectivity index (χ1n) is 9.58. The number of anilines is 2. The summed E-state index contributed by atoms with van der Waals surface area (Å²) >= 11 is 1.28. The standard InChI is InChI=1S/C20H17F3N6O2S/c21-20(22,23)14-4-2-1-3-13(14)18(31)29-10-8-28(9-11-29)16-6-5-15(26-27-16)17(30)25-19-24-7-12-32-19/h1-7,12H,8-11H2,(H,24,25,30). The Morgan fingerprint density at radius 3 is 2.38 bits per heavy atom. The van der Waals surface area contributed by atoms with Crippen LogP contribution in [-0.2, 0) is 6.18 Å². The zero-order valence-corrected chi connectivity index (χ0v) is 17.4. The normalized spacial score (nSPS) is 14.3. The Bertz CT molecular complexity index is 1100. The second-order valence-electron chi connectivity index (χ2n) is 6.89. The molecule has 1 aromatic carbocycles. The second kappa shape index (κ2) is 8.91. The van der Waals surface area contributed by atoms with Gasteiger partial charge in [-0.2, -0.15) is 13.2 Å². The van der Waals surface area contributed by atoms with E-state index in [1.165, 1.54) is 40.5 Å². The summed E-state index contributed by atoms with van der Waals surface area (Å²) in [5.74, 6) is -0.575. The molecule has 2 aromatic heterocycles. The molecule has 1 fully saturated rings. The first-order chi connectivity index (χ1) is 15.3. The molecule has 12 heteroatoms.